The van der Waals surface area contributed by atoms with Crippen LogP contribution >= 0.6 is 37.2 Å². The molecule has 1 aromatic carbocycles. The summed E-state index contributed by atoms with van der Waals surface area (Å²) in [5, 5.41) is 20.2. The Labute approximate surface area is 427 Å². The molecule has 35 heteroatoms. The largest absolute Gasteiger partial charge is 0.472 e. The molecular formula is C39H53N13O18P2S2. The van der Waals surface area contributed by atoms with E-state index in [4.69, 9.17) is 49.7 Å². The van der Waals surface area contributed by atoms with E-state index in [9.17, 15) is 48.1 Å². The molecule has 3 aromatic heterocycles. The van der Waals surface area contributed by atoms with E-state index in [0.717, 1.165) is 10.9 Å². The summed E-state index contributed by atoms with van der Waals surface area (Å²) in [5.74, 6) is -1.29. The molecule has 2 amide bonds. The van der Waals surface area contributed by atoms with Crippen LogP contribution in [-0.4, -0.2) is 140 Å². The van der Waals surface area contributed by atoms with Crippen molar-refractivity contribution in [2.45, 2.75) is 107 Å². The molecular weight excluding hydrogens is 1060 g/mol. The number of hydrogen-bond acceptors (Lipinski definition) is 24. The first kappa shape index (κ1) is 57.6. The first-order valence-corrected chi connectivity index (χ1v) is 27.6. The molecule has 5 heterocycles. The average molecular weight is 1120 g/mol. The van der Waals surface area contributed by atoms with Gasteiger partial charge in [-0.3, -0.25) is 22.7 Å². The van der Waals surface area contributed by atoms with Crippen LogP contribution in [0.2, 0.25) is 0 Å². The van der Waals surface area contributed by atoms with Gasteiger partial charge in [-0.1, -0.05) is 51.0 Å². The molecule has 74 heavy (non-hydrogen) atoms. The number of alkyl carbamates (subject to hydrolysis) is 2. The molecule has 6 rings (SSSR count). The summed E-state index contributed by atoms with van der Waals surface area (Å²) in [6.45, 7) is 2.75. The number of ether oxygens (including phenoxy) is 5. The number of aliphatic hydroxyl groups is 1. The molecule has 2 aliphatic rings. The van der Waals surface area contributed by atoms with Gasteiger partial charge in [0.05, 0.1) is 19.5 Å². The zero-order valence-electron chi connectivity index (χ0n) is 39.7. The van der Waals surface area contributed by atoms with Gasteiger partial charge >= 0.3 is 39.5 Å². The van der Waals surface area contributed by atoms with Crippen LogP contribution in [0.1, 0.15) is 58.1 Å². The number of phosphoric acid groups is 2. The number of aromatic nitrogens is 6. The zero-order chi connectivity index (χ0) is 54.0. The van der Waals surface area contributed by atoms with Gasteiger partial charge in [-0.05, 0) is 57.0 Å². The Morgan fingerprint density at radius 1 is 1.03 bits per heavy atom. The van der Waals surface area contributed by atoms with Gasteiger partial charge in [0, 0.05) is 35.0 Å². The third kappa shape index (κ3) is 16.2. The fourth-order valence-electron chi connectivity index (χ4n) is 7.36. The van der Waals surface area contributed by atoms with Crippen molar-refractivity contribution in [2.75, 3.05) is 37.5 Å². The zero-order valence-corrected chi connectivity index (χ0v) is 43.1. The van der Waals surface area contributed by atoms with Gasteiger partial charge in [0.1, 0.15) is 66.6 Å². The van der Waals surface area contributed by atoms with Crippen molar-refractivity contribution in [2.24, 2.45) is 5.11 Å². The average Bonchev–Trinajstić information content (AvgIpc) is 4.02. The minimum atomic E-state index is -5.31. The van der Waals surface area contributed by atoms with E-state index in [2.05, 4.69) is 45.1 Å². The van der Waals surface area contributed by atoms with Crippen LogP contribution in [0.4, 0.5) is 26.9 Å². The fraction of sp³-hybridized carbons (Fsp3) is 0.538. The molecule has 4 aromatic rings. The van der Waals surface area contributed by atoms with Gasteiger partial charge in [0.25, 0.3) is 0 Å². The van der Waals surface area contributed by atoms with Crippen LogP contribution in [0, 0.1) is 0 Å². The SMILES string of the molecule is CSSC(CCC(NC(=O)OC(C)(C)C)C(=O)O[C@H]1[C@@H](O)[C@@H](n2cnc3c(N)ncnc32)O[C@H]1COP(=O)(O)O[C@H]1C[C@H](n2ccc(N)nc2=O)O[C@@H]1COP(=O)(O)O)CNC(=O)OCc1ccccc1N=[N+]=[N-]. The summed E-state index contributed by atoms with van der Waals surface area (Å²) in [5.41, 5.74) is 19.5. The minimum absolute atomic E-state index is 0.0191. The Hall–Kier alpha value is -5.63. The van der Waals surface area contributed by atoms with Crippen LogP contribution in [0.25, 0.3) is 21.6 Å². The number of anilines is 2. The number of fused-ring (bicyclic) bond motifs is 1. The summed E-state index contributed by atoms with van der Waals surface area (Å²) >= 11 is 0. The highest BCUT2D eigenvalue weighted by atomic mass is 33.1. The highest BCUT2D eigenvalue weighted by molar-refractivity contribution is 8.76. The summed E-state index contributed by atoms with van der Waals surface area (Å²) in [6, 6.07) is 6.29. The molecule has 10 atom stereocenters. The number of azide groups is 1. The van der Waals surface area contributed by atoms with Crippen molar-refractivity contribution in [3.63, 3.8) is 0 Å². The number of carbonyl (C=O) groups is 3. The van der Waals surface area contributed by atoms with E-state index in [-0.39, 0.29) is 60.9 Å². The van der Waals surface area contributed by atoms with E-state index < -0.39 is 113 Å². The van der Waals surface area contributed by atoms with Crippen molar-refractivity contribution in [1.29, 1.82) is 0 Å². The molecule has 31 nitrogen and oxygen atoms in total. The fourth-order valence-corrected chi connectivity index (χ4v) is 10.6. The van der Waals surface area contributed by atoms with Crippen LogP contribution in [0.15, 0.2) is 59.1 Å². The Kier molecular flexibility index (Phi) is 19.7. The number of nitrogens with one attached hydrogen (secondary N) is 2. The predicted octanol–water partition coefficient (Wildman–Crippen LogP) is 3.24. The standard InChI is InChI=1S/C39H53N13O18P2S2/c1-39(2,3)69-38(57)47-23(10-9-21(74-73-4)14-43-37(56)63-15-20-7-5-6-8-22(20)49-50-42)35(54)68-31-26(67-34(30(31)53)52-19-46-29-32(41)44-18-45-33(29)52)17-65-72(61,62)70-24-13-28(51-12-11-27(40)48-36(51)55)66-25(24)16-64-71(58,59)60/h5-8,11-12,18-19,21,23-26,28,30-31,34,53H,9-10,13-17H2,1-4H3,(H,43,56)(H,47,57)(H,61,62)(H2,40,48,55)(H2,41,44,45)(H2,58,59,60)/t21?,23?,24-,25+,26-,28+,30+,31+,34-/m0/s1. The molecule has 0 saturated carbocycles. The molecule has 0 radical (unpaired) electrons. The van der Waals surface area contributed by atoms with Crippen molar-refractivity contribution in [3.8, 4) is 0 Å². The number of esters is 1. The number of amides is 2. The molecule has 0 aliphatic carbocycles. The smallest absolute Gasteiger partial charge is 0.455 e. The molecule has 0 spiro atoms. The summed E-state index contributed by atoms with van der Waals surface area (Å²) in [6.07, 6.45) is -7.85. The number of rotatable bonds is 23. The number of nitrogen functional groups attached to an aromatic ring is 2. The highest BCUT2D eigenvalue weighted by Crippen LogP contribution is 2.50. The lowest BCUT2D eigenvalue weighted by molar-refractivity contribution is -0.159. The van der Waals surface area contributed by atoms with Crippen molar-refractivity contribution >= 4 is 83.9 Å². The molecule has 2 aliphatic heterocycles. The number of carbonyl (C=O) groups excluding carboxylic acids is 3. The summed E-state index contributed by atoms with van der Waals surface area (Å²) < 4.78 is 71.4. The van der Waals surface area contributed by atoms with E-state index in [1.54, 1.807) is 51.3 Å². The van der Waals surface area contributed by atoms with Gasteiger partial charge < -0.3 is 65.6 Å². The normalized spacial score (nSPS) is 22.5. The van der Waals surface area contributed by atoms with Crippen LogP contribution in [-0.2, 0) is 57.8 Å². The number of benzene rings is 1. The lowest BCUT2D eigenvalue weighted by atomic mass is 10.1. The topological polar surface area (TPSA) is 443 Å². The van der Waals surface area contributed by atoms with Gasteiger partial charge in [0.15, 0.2) is 23.8 Å². The first-order chi connectivity index (χ1) is 34.9. The minimum Gasteiger partial charge on any atom is -0.455 e. The van der Waals surface area contributed by atoms with Crippen LogP contribution in [0.3, 0.4) is 0 Å². The van der Waals surface area contributed by atoms with Crippen molar-refractivity contribution < 1.29 is 80.6 Å². The maximum atomic E-state index is 14.3. The Morgan fingerprint density at radius 3 is 2.47 bits per heavy atom. The summed E-state index contributed by atoms with van der Waals surface area (Å²) in [7, 11) is -7.74. The number of hydrogen-bond donors (Lipinski definition) is 8. The van der Waals surface area contributed by atoms with Gasteiger partial charge in [-0.2, -0.15) is 4.98 Å². The first-order valence-electron chi connectivity index (χ1n) is 22.0. The van der Waals surface area contributed by atoms with E-state index in [1.165, 1.54) is 44.7 Å². The second-order valence-electron chi connectivity index (χ2n) is 17.1. The second-order valence-corrected chi connectivity index (χ2v) is 22.5. The van der Waals surface area contributed by atoms with Gasteiger partial charge in [-0.25, -0.2) is 43.3 Å². The molecule has 2 saturated heterocycles. The van der Waals surface area contributed by atoms with Gasteiger partial charge in [0.2, 0.25) is 0 Å². The Balaban J connectivity index is 1.20. The third-order valence-corrected chi connectivity index (χ3v) is 14.4. The Morgan fingerprint density at radius 2 is 1.77 bits per heavy atom. The van der Waals surface area contributed by atoms with Crippen molar-refractivity contribution in [3.05, 3.63) is 75.7 Å². The summed E-state index contributed by atoms with van der Waals surface area (Å²) in [4.78, 5) is 101. The molecule has 2 fully saturated rings. The molecule has 404 valence electrons. The van der Waals surface area contributed by atoms with Gasteiger partial charge in [-0.15, -0.1) is 0 Å². The number of nitrogens with two attached hydrogens (primary N) is 2. The lowest BCUT2D eigenvalue weighted by Crippen LogP contribution is -2.48. The maximum absolute atomic E-state index is 14.3. The molecule has 3 unspecified atom stereocenters. The van der Waals surface area contributed by atoms with Crippen LogP contribution < -0.4 is 27.8 Å². The van der Waals surface area contributed by atoms with E-state index in [0.29, 0.717) is 5.56 Å². The monoisotopic (exact) mass is 1120 g/mol. The highest BCUT2D eigenvalue weighted by Gasteiger charge is 2.50. The predicted molar refractivity (Wildman–Crippen MR) is 260 cm³/mol. The van der Waals surface area contributed by atoms with Crippen LogP contribution in [0.5, 0.6) is 0 Å². The van der Waals surface area contributed by atoms with Crippen molar-refractivity contribution in [1.82, 2.24) is 39.7 Å². The Bertz CT molecular complexity index is 2830. The third-order valence-electron chi connectivity index (χ3n) is 10.6. The maximum Gasteiger partial charge on any atom is 0.472 e. The second kappa shape index (κ2) is 25.3. The van der Waals surface area contributed by atoms with E-state index >= 15 is 0 Å². The quantitative estimate of drug-likeness (QED) is 0.0100. The number of aliphatic hydroxyl groups excluding tert-OH is 1. The number of nitrogens with zero attached hydrogens (tertiary/aromatic N) is 9. The number of imidazole rings is 1. The number of phosphoric ester groups is 2. The molecule has 10 N–H and O–H groups in total. The van der Waals surface area contributed by atoms with E-state index in [1.807, 2.05) is 0 Å². The lowest BCUT2D eigenvalue weighted by Gasteiger charge is -2.27. The molecule has 0 bridgehead atoms.